The third kappa shape index (κ3) is 14.0. The number of hydrogen-bond acceptors (Lipinski definition) is 10. The van der Waals surface area contributed by atoms with Gasteiger partial charge in [0, 0.05) is 74.5 Å². The van der Waals surface area contributed by atoms with Crippen molar-refractivity contribution >= 4 is 35.7 Å². The lowest BCUT2D eigenvalue weighted by Crippen LogP contribution is -2.56. The summed E-state index contributed by atoms with van der Waals surface area (Å²) in [4.78, 5) is 82.6. The summed E-state index contributed by atoms with van der Waals surface area (Å²) in [6.07, 6.45) is 0.738. The zero-order valence-electron chi connectivity index (χ0n) is 40.0. The molecule has 350 valence electrons. The number of amides is 4. The van der Waals surface area contributed by atoms with Gasteiger partial charge in [0.2, 0.25) is 17.7 Å². The van der Waals surface area contributed by atoms with Crippen LogP contribution in [0.5, 0.6) is 0 Å². The van der Waals surface area contributed by atoms with Crippen LogP contribution in [-0.4, -0.2) is 177 Å². The van der Waals surface area contributed by atoms with Crippen LogP contribution < -0.4 is 5.32 Å². The third-order valence-electron chi connectivity index (χ3n) is 12.1. The monoisotopic (exact) mass is 872 g/mol. The lowest BCUT2D eigenvalue weighted by Gasteiger charge is -2.41. The second-order valence-corrected chi connectivity index (χ2v) is 18.3. The van der Waals surface area contributed by atoms with Gasteiger partial charge < -0.3 is 48.8 Å². The molecule has 3 rings (SSSR count). The van der Waals surface area contributed by atoms with Gasteiger partial charge in [0.05, 0.1) is 43.7 Å². The van der Waals surface area contributed by atoms with E-state index in [2.05, 4.69) is 24.1 Å². The number of likely N-dealkylation sites (tertiary alicyclic amines) is 1. The molecule has 1 aromatic carbocycles. The average Bonchev–Trinajstić information content (AvgIpc) is 3.72. The number of ether oxygens (including phenoxy) is 4. The summed E-state index contributed by atoms with van der Waals surface area (Å²) in [7, 11) is 9.97. The molecule has 16 heteroatoms. The van der Waals surface area contributed by atoms with Crippen molar-refractivity contribution in [1.29, 1.82) is 0 Å². The molecule has 2 aliphatic heterocycles. The van der Waals surface area contributed by atoms with Crippen LogP contribution in [0.4, 0.5) is 4.79 Å². The predicted octanol–water partition coefficient (Wildman–Crippen LogP) is 4.30. The topological polar surface area (TPSA) is 163 Å². The standard InChI is InChI=1S/C46H77N7O9/c1-15-31(4)39(50(11)42(56)38(30(2)3)48-44(49(9)10)51-24-26-52(27-25-51)45(58)62-46(6,7)8)36(59-12)29-37(54)53-23-19-22-35(53)40(60-13)32(5)41(55)47-34(43(57)61-14)28-33-20-17-16-18-21-33/h16-18,20-21,30-32,34-36,38-40H,15,19,22-29H2,1-14H3,(H,47,55)/t31-,32+,34-,35-,36-,38-,39-,40+/m0/s1. The zero-order valence-corrected chi connectivity index (χ0v) is 40.0. The normalized spacial score (nSPS) is 19.5. The molecule has 0 spiro atoms. The Labute approximate surface area is 371 Å². The molecule has 0 bridgehead atoms. The molecule has 0 radical (unpaired) electrons. The smallest absolute Gasteiger partial charge is 0.410 e. The quantitative estimate of drug-likeness (QED) is 0.127. The lowest BCUT2D eigenvalue weighted by molar-refractivity contribution is -0.148. The van der Waals surface area contributed by atoms with E-state index < -0.39 is 53.9 Å². The van der Waals surface area contributed by atoms with Crippen molar-refractivity contribution in [2.24, 2.45) is 22.7 Å². The second-order valence-electron chi connectivity index (χ2n) is 18.3. The van der Waals surface area contributed by atoms with Crippen LogP contribution in [0.1, 0.15) is 86.6 Å². The molecule has 62 heavy (non-hydrogen) atoms. The Kier molecular flexibility index (Phi) is 20.0. The number of likely N-dealkylation sites (N-methyl/N-ethyl adjacent to an activating group) is 1. The summed E-state index contributed by atoms with van der Waals surface area (Å²) in [6, 6.07) is 6.92. The van der Waals surface area contributed by atoms with E-state index in [1.54, 1.807) is 35.8 Å². The van der Waals surface area contributed by atoms with Gasteiger partial charge in [-0.3, -0.25) is 14.4 Å². The van der Waals surface area contributed by atoms with E-state index >= 15 is 0 Å². The second kappa shape index (κ2) is 23.9. The van der Waals surface area contributed by atoms with Crippen molar-refractivity contribution in [3.63, 3.8) is 0 Å². The maximum atomic E-state index is 14.7. The van der Waals surface area contributed by atoms with Gasteiger partial charge in [-0.2, -0.15) is 0 Å². The number of hydrogen-bond donors (Lipinski definition) is 1. The molecule has 8 atom stereocenters. The molecule has 2 saturated heterocycles. The molecule has 2 heterocycles. The maximum absolute atomic E-state index is 14.7. The molecule has 2 fully saturated rings. The van der Waals surface area contributed by atoms with Crippen molar-refractivity contribution in [2.75, 3.05) is 75.2 Å². The molecule has 16 nitrogen and oxygen atoms in total. The number of esters is 1. The molecule has 0 aliphatic carbocycles. The van der Waals surface area contributed by atoms with E-state index in [0.717, 1.165) is 18.4 Å². The minimum atomic E-state index is -0.896. The van der Waals surface area contributed by atoms with E-state index in [-0.39, 0.29) is 48.5 Å². The number of nitrogens with zero attached hydrogens (tertiary/aromatic N) is 6. The molecular weight excluding hydrogens is 795 g/mol. The van der Waals surface area contributed by atoms with E-state index in [1.165, 1.54) is 14.2 Å². The van der Waals surface area contributed by atoms with Crippen LogP contribution in [0, 0.1) is 17.8 Å². The summed E-state index contributed by atoms with van der Waals surface area (Å²) in [6.45, 7) is 17.8. The minimum Gasteiger partial charge on any atom is -0.467 e. The molecule has 0 aromatic heterocycles. The number of carbonyl (C=O) groups is 5. The fraction of sp³-hybridized carbons (Fsp3) is 0.739. The van der Waals surface area contributed by atoms with Gasteiger partial charge in [0.25, 0.3) is 0 Å². The number of piperazine rings is 1. The Balaban J connectivity index is 1.80. The predicted molar refractivity (Wildman–Crippen MR) is 239 cm³/mol. The summed E-state index contributed by atoms with van der Waals surface area (Å²) < 4.78 is 22.7. The van der Waals surface area contributed by atoms with Crippen molar-refractivity contribution in [3.05, 3.63) is 35.9 Å². The highest BCUT2D eigenvalue weighted by Crippen LogP contribution is 2.30. The first kappa shape index (κ1) is 51.9. The van der Waals surface area contributed by atoms with Crippen LogP contribution in [-0.2, 0) is 44.5 Å². The molecule has 0 unspecified atom stereocenters. The Hall–Kier alpha value is -4.44. The fourth-order valence-corrected chi connectivity index (χ4v) is 8.51. The Morgan fingerprint density at radius 2 is 1.50 bits per heavy atom. The van der Waals surface area contributed by atoms with E-state index in [9.17, 15) is 24.0 Å². The lowest BCUT2D eigenvalue weighted by atomic mass is 9.89. The van der Waals surface area contributed by atoms with Gasteiger partial charge in [-0.15, -0.1) is 0 Å². The van der Waals surface area contributed by atoms with Crippen molar-refractivity contribution in [3.8, 4) is 0 Å². The first-order valence-electron chi connectivity index (χ1n) is 22.2. The maximum Gasteiger partial charge on any atom is 0.410 e. The van der Waals surface area contributed by atoms with Crippen molar-refractivity contribution < 1.29 is 42.9 Å². The van der Waals surface area contributed by atoms with Crippen LogP contribution in [0.2, 0.25) is 0 Å². The third-order valence-corrected chi connectivity index (χ3v) is 12.1. The minimum absolute atomic E-state index is 0.0125. The molecule has 2 aliphatic rings. The highest BCUT2D eigenvalue weighted by atomic mass is 16.6. The summed E-state index contributed by atoms with van der Waals surface area (Å²) in [5.41, 5.74) is 0.286. The number of methoxy groups -OCH3 is 3. The van der Waals surface area contributed by atoms with Gasteiger partial charge in [-0.05, 0) is 51.0 Å². The van der Waals surface area contributed by atoms with Gasteiger partial charge >= 0.3 is 12.1 Å². The van der Waals surface area contributed by atoms with Crippen LogP contribution in [0.15, 0.2) is 35.3 Å². The Morgan fingerprint density at radius 1 is 0.887 bits per heavy atom. The van der Waals surface area contributed by atoms with Crippen LogP contribution >= 0.6 is 0 Å². The van der Waals surface area contributed by atoms with E-state index in [0.29, 0.717) is 45.1 Å². The first-order chi connectivity index (χ1) is 29.2. The van der Waals surface area contributed by atoms with Crippen molar-refractivity contribution in [2.45, 2.75) is 129 Å². The number of rotatable bonds is 18. The highest BCUT2D eigenvalue weighted by molar-refractivity contribution is 5.88. The number of nitrogens with one attached hydrogen (secondary N) is 1. The molecular formula is C46H77N7O9. The van der Waals surface area contributed by atoms with E-state index in [1.807, 2.05) is 83.9 Å². The zero-order chi connectivity index (χ0) is 46.5. The van der Waals surface area contributed by atoms with Gasteiger partial charge in [-0.25, -0.2) is 14.6 Å². The largest absolute Gasteiger partial charge is 0.467 e. The summed E-state index contributed by atoms with van der Waals surface area (Å²) in [5.74, 6) is -1.49. The first-order valence-corrected chi connectivity index (χ1v) is 22.2. The Bertz CT molecular complexity index is 1640. The van der Waals surface area contributed by atoms with E-state index in [4.69, 9.17) is 23.9 Å². The van der Waals surface area contributed by atoms with Crippen LogP contribution in [0.3, 0.4) is 0 Å². The molecule has 0 saturated carbocycles. The highest BCUT2D eigenvalue weighted by Gasteiger charge is 2.43. The van der Waals surface area contributed by atoms with Gasteiger partial charge in [0.1, 0.15) is 17.7 Å². The number of aliphatic imine (C=N–C) groups is 1. The molecule has 4 amide bonds. The van der Waals surface area contributed by atoms with Gasteiger partial charge in [-0.1, -0.05) is 71.4 Å². The summed E-state index contributed by atoms with van der Waals surface area (Å²) in [5, 5.41) is 2.87. The SMILES string of the molecule is CC[C@H](C)[C@@H]([C@H](CC(=O)N1CCC[C@H]1[C@H](OC)[C@@H](C)C(=O)N[C@@H](Cc1ccccc1)C(=O)OC)OC)N(C)C(=O)[C@@H](N=C(N(C)C)N1CCN(C(=O)OC(C)(C)C)CC1)C(C)C. The Morgan fingerprint density at radius 3 is 2.02 bits per heavy atom. The average molecular weight is 872 g/mol. The number of guanidine groups is 1. The molecule has 1 N–H and O–H groups in total. The van der Waals surface area contributed by atoms with Gasteiger partial charge in [0.15, 0.2) is 5.96 Å². The fourth-order valence-electron chi connectivity index (χ4n) is 8.51. The number of benzene rings is 1. The van der Waals surface area contributed by atoms with Crippen LogP contribution in [0.25, 0.3) is 0 Å². The number of carbonyl (C=O) groups excluding carboxylic acids is 5. The summed E-state index contributed by atoms with van der Waals surface area (Å²) >= 11 is 0. The molecule has 1 aromatic rings. The van der Waals surface area contributed by atoms with Crippen molar-refractivity contribution in [1.82, 2.24) is 29.8 Å².